The number of nitrogens with one attached hydrogen (secondary N) is 1. The van der Waals surface area contributed by atoms with Gasteiger partial charge < -0.3 is 10.5 Å². The van der Waals surface area contributed by atoms with E-state index < -0.39 is 0 Å². The van der Waals surface area contributed by atoms with Crippen LogP contribution in [0.2, 0.25) is 0 Å². The van der Waals surface area contributed by atoms with Crippen LogP contribution in [0.15, 0.2) is 59.2 Å². The number of amidine groups is 1. The molecule has 0 saturated carbocycles. The van der Waals surface area contributed by atoms with Gasteiger partial charge in [0.25, 0.3) is 5.91 Å². The molecule has 0 spiro atoms. The lowest BCUT2D eigenvalue weighted by Crippen LogP contribution is -2.36. The third-order valence-corrected chi connectivity index (χ3v) is 4.64. The number of methoxy groups -OCH3 is 1. The third kappa shape index (κ3) is 3.62. The Morgan fingerprint density at radius 2 is 1.86 bits per heavy atom. The number of rotatable bonds is 4. The molecular weight excluding hydrogens is 366 g/mol. The van der Waals surface area contributed by atoms with Gasteiger partial charge in [-0.3, -0.25) is 15.2 Å². The van der Waals surface area contributed by atoms with Crippen molar-refractivity contribution in [1.82, 2.24) is 9.99 Å². The number of ether oxygens (including phenoxy) is 1. The van der Waals surface area contributed by atoms with Crippen molar-refractivity contribution in [1.29, 1.82) is 0 Å². The van der Waals surface area contributed by atoms with Gasteiger partial charge in [-0.25, -0.2) is 10.0 Å². The first-order valence-electron chi connectivity index (χ1n) is 9.13. The first kappa shape index (κ1) is 18.5. The van der Waals surface area contributed by atoms with E-state index in [2.05, 4.69) is 15.4 Å². The maximum absolute atomic E-state index is 13.0. The first-order chi connectivity index (χ1) is 13.9. The fourth-order valence-corrected chi connectivity index (χ4v) is 3.19. The number of hydrazine groups is 1. The Bertz CT molecular complexity index is 1170. The van der Waals surface area contributed by atoms with Crippen molar-refractivity contribution in [3.63, 3.8) is 0 Å². The van der Waals surface area contributed by atoms with Gasteiger partial charge in [-0.1, -0.05) is 12.1 Å². The van der Waals surface area contributed by atoms with Crippen LogP contribution in [-0.2, 0) is 4.79 Å². The van der Waals surface area contributed by atoms with Crippen molar-refractivity contribution < 1.29 is 9.53 Å². The highest BCUT2D eigenvalue weighted by Crippen LogP contribution is 2.29. The molecule has 0 aliphatic carbocycles. The van der Waals surface area contributed by atoms with E-state index in [1.165, 1.54) is 5.01 Å². The van der Waals surface area contributed by atoms with Crippen molar-refractivity contribution in [3.05, 3.63) is 65.5 Å². The fraction of sp³-hybridized carbons (Fsp3) is 0.136. The summed E-state index contributed by atoms with van der Waals surface area (Å²) >= 11 is 0. The highest BCUT2D eigenvalue weighted by molar-refractivity contribution is 6.14. The predicted molar refractivity (Wildman–Crippen MR) is 115 cm³/mol. The molecule has 4 rings (SSSR count). The van der Waals surface area contributed by atoms with E-state index in [-0.39, 0.29) is 5.91 Å². The molecule has 3 N–H and O–H groups in total. The number of aromatic nitrogens is 1. The average Bonchev–Trinajstić information content (AvgIpc) is 2.96. The number of aliphatic imine (C=N–C) groups is 1. The van der Waals surface area contributed by atoms with E-state index in [0.717, 1.165) is 27.8 Å². The molecule has 0 fully saturated rings. The maximum atomic E-state index is 13.0. The van der Waals surface area contributed by atoms with Gasteiger partial charge >= 0.3 is 0 Å². The summed E-state index contributed by atoms with van der Waals surface area (Å²) in [5, 5.41) is 2.29. The monoisotopic (exact) mass is 387 g/mol. The number of anilines is 2. The Morgan fingerprint density at radius 1 is 1.10 bits per heavy atom. The number of nitrogens with zero attached hydrogens (tertiary/aromatic N) is 3. The zero-order valence-corrected chi connectivity index (χ0v) is 16.4. The summed E-state index contributed by atoms with van der Waals surface area (Å²) in [7, 11) is 1.62. The number of hydrogen-bond donors (Lipinski definition) is 2. The molecule has 29 heavy (non-hydrogen) atoms. The molecular formula is C22H21N5O2. The second-order valence-electron chi connectivity index (χ2n) is 6.80. The van der Waals surface area contributed by atoms with Gasteiger partial charge in [0.1, 0.15) is 17.3 Å². The lowest BCUT2D eigenvalue weighted by molar-refractivity contribution is -0.121. The number of carbonyl (C=O) groups excluding carboxylic acids is 1. The van der Waals surface area contributed by atoms with Gasteiger partial charge in [0.05, 0.1) is 18.3 Å². The predicted octanol–water partition coefficient (Wildman–Crippen LogP) is 3.76. The minimum Gasteiger partial charge on any atom is -0.497 e. The minimum atomic E-state index is -0.232. The Hall–Kier alpha value is -3.87. The quantitative estimate of drug-likeness (QED) is 0.525. The number of nitrogen functional groups attached to an aromatic ring is 1. The van der Waals surface area contributed by atoms with Crippen LogP contribution < -0.4 is 15.9 Å². The normalized spacial score (nSPS) is 15.1. The number of benzene rings is 2. The maximum Gasteiger partial charge on any atom is 0.296 e. The van der Waals surface area contributed by atoms with Crippen LogP contribution in [0.3, 0.4) is 0 Å². The number of aryl methyl sites for hydroxylation is 1. The molecule has 0 saturated heterocycles. The molecule has 1 aliphatic heterocycles. The zero-order chi connectivity index (χ0) is 20.5. The summed E-state index contributed by atoms with van der Waals surface area (Å²) in [6, 6.07) is 14.8. The molecule has 3 aromatic rings. The standard InChI is InChI=1S/C22H21N5O2/c1-13-10-20(18-12-17(29-3)8-9-19(18)24-13)26-27-14(2)25-21(22(27)28)11-15-4-6-16(23)7-5-15/h4-12H,23H2,1-3H3,(H,24,26)/b21-11-. The van der Waals surface area contributed by atoms with Crippen molar-refractivity contribution >= 4 is 40.1 Å². The first-order valence-corrected chi connectivity index (χ1v) is 9.13. The van der Waals surface area contributed by atoms with Crippen molar-refractivity contribution in [2.24, 2.45) is 4.99 Å². The topological polar surface area (TPSA) is 92.8 Å². The summed E-state index contributed by atoms with van der Waals surface area (Å²) in [4.78, 5) is 21.9. The molecule has 1 amide bonds. The average molecular weight is 387 g/mol. The lowest BCUT2D eigenvalue weighted by Gasteiger charge is -2.20. The number of hydrogen-bond acceptors (Lipinski definition) is 6. The summed E-state index contributed by atoms with van der Waals surface area (Å²) in [5.74, 6) is 1.04. The van der Waals surface area contributed by atoms with Gasteiger partial charge in [-0.2, -0.15) is 0 Å². The number of nitrogens with two attached hydrogens (primary N) is 1. The molecule has 2 heterocycles. The highest BCUT2D eigenvalue weighted by Gasteiger charge is 2.28. The molecule has 1 aliphatic rings. The van der Waals surface area contributed by atoms with E-state index in [4.69, 9.17) is 10.5 Å². The van der Waals surface area contributed by atoms with E-state index in [0.29, 0.717) is 23.0 Å². The zero-order valence-electron chi connectivity index (χ0n) is 16.4. The summed E-state index contributed by atoms with van der Waals surface area (Å²) in [6.45, 7) is 3.69. The van der Waals surface area contributed by atoms with Gasteiger partial charge in [0, 0.05) is 16.8 Å². The Morgan fingerprint density at radius 3 is 2.59 bits per heavy atom. The summed E-state index contributed by atoms with van der Waals surface area (Å²) in [5.41, 5.74) is 13.2. The summed E-state index contributed by atoms with van der Waals surface area (Å²) in [6.07, 6.45) is 1.74. The molecule has 7 heteroatoms. The highest BCUT2D eigenvalue weighted by atomic mass is 16.5. The minimum absolute atomic E-state index is 0.232. The van der Waals surface area contributed by atoms with Crippen LogP contribution in [-0.4, -0.2) is 28.8 Å². The molecule has 146 valence electrons. The Balaban J connectivity index is 1.67. The van der Waals surface area contributed by atoms with Crippen LogP contribution in [0.5, 0.6) is 5.75 Å². The second kappa shape index (κ2) is 7.27. The molecule has 2 aromatic carbocycles. The number of amides is 1. The third-order valence-electron chi connectivity index (χ3n) is 4.64. The van der Waals surface area contributed by atoms with Gasteiger partial charge in [0.15, 0.2) is 0 Å². The molecule has 0 radical (unpaired) electrons. The summed E-state index contributed by atoms with van der Waals surface area (Å²) < 4.78 is 5.33. The van der Waals surface area contributed by atoms with E-state index in [9.17, 15) is 4.79 Å². The van der Waals surface area contributed by atoms with Crippen molar-refractivity contribution in [2.75, 3.05) is 18.3 Å². The van der Waals surface area contributed by atoms with Gasteiger partial charge in [-0.15, -0.1) is 0 Å². The van der Waals surface area contributed by atoms with E-state index in [1.54, 1.807) is 32.2 Å². The van der Waals surface area contributed by atoms with Crippen LogP contribution in [0, 0.1) is 6.92 Å². The smallest absolute Gasteiger partial charge is 0.296 e. The van der Waals surface area contributed by atoms with E-state index in [1.807, 2.05) is 43.3 Å². The lowest BCUT2D eigenvalue weighted by atomic mass is 10.1. The molecule has 0 bridgehead atoms. The number of pyridine rings is 1. The Labute approximate surface area is 168 Å². The van der Waals surface area contributed by atoms with Gasteiger partial charge in [-0.05, 0) is 61.9 Å². The molecule has 0 unspecified atom stereocenters. The fourth-order valence-electron chi connectivity index (χ4n) is 3.19. The van der Waals surface area contributed by atoms with Crippen LogP contribution in [0.25, 0.3) is 17.0 Å². The van der Waals surface area contributed by atoms with Crippen LogP contribution >= 0.6 is 0 Å². The van der Waals surface area contributed by atoms with E-state index >= 15 is 0 Å². The number of carbonyl (C=O) groups is 1. The Kier molecular flexibility index (Phi) is 4.64. The molecule has 1 aromatic heterocycles. The van der Waals surface area contributed by atoms with Crippen molar-refractivity contribution in [2.45, 2.75) is 13.8 Å². The van der Waals surface area contributed by atoms with Crippen molar-refractivity contribution in [3.8, 4) is 5.75 Å². The van der Waals surface area contributed by atoms with Crippen LogP contribution in [0.1, 0.15) is 18.2 Å². The number of fused-ring (bicyclic) bond motifs is 1. The SMILES string of the molecule is COc1ccc2nc(C)cc(NN3C(=O)/C(=C/c4ccc(N)cc4)N=C3C)c2c1. The molecule has 7 nitrogen and oxygen atoms in total. The largest absolute Gasteiger partial charge is 0.497 e. The van der Waals surface area contributed by atoms with Crippen LogP contribution in [0.4, 0.5) is 11.4 Å². The second-order valence-corrected chi connectivity index (χ2v) is 6.80. The molecule has 0 atom stereocenters. The van der Waals surface area contributed by atoms with Gasteiger partial charge in [0.2, 0.25) is 0 Å².